The molecule has 1 aromatic carbocycles. The minimum Gasteiger partial charge on any atom is -0.453 e. The van der Waals surface area contributed by atoms with Gasteiger partial charge in [-0.3, -0.25) is 14.4 Å². The molecule has 21 heavy (non-hydrogen) atoms. The molecule has 0 aliphatic heterocycles. The van der Waals surface area contributed by atoms with Gasteiger partial charge in [-0.1, -0.05) is 6.07 Å². The summed E-state index contributed by atoms with van der Waals surface area (Å²) in [6.45, 7) is -0.348. The molecule has 1 aromatic rings. The Morgan fingerprint density at radius 3 is 2.86 bits per heavy atom. The maximum Gasteiger partial charge on any atom is 0.326 e. The topological polar surface area (TPSA) is 72.5 Å². The average molecular weight is 293 g/mol. The molecule has 112 valence electrons. The number of Topliss-reactive ketones (excluding diaryl/α,β-unsaturated/α-hetero) is 1. The average Bonchev–Trinajstić information content (AvgIpc) is 2.47. The van der Waals surface area contributed by atoms with Gasteiger partial charge in [-0.15, -0.1) is 0 Å². The van der Waals surface area contributed by atoms with Gasteiger partial charge in [0.05, 0.1) is 0 Å². The standard InChI is InChI=1S/C15H16FNO4/c16-11-5-3-4-10(8-11)15(20)17-9-14(19)21-13-7-2-1-6-12(13)18/h3-5,8,13H,1-2,6-7,9H2,(H,17,20)/t13-/m0/s1. The minimum absolute atomic E-state index is 0.0777. The van der Waals surface area contributed by atoms with Gasteiger partial charge in [0.25, 0.3) is 5.91 Å². The van der Waals surface area contributed by atoms with Gasteiger partial charge in [-0.2, -0.15) is 0 Å². The van der Waals surface area contributed by atoms with Crippen LogP contribution in [0.15, 0.2) is 24.3 Å². The van der Waals surface area contributed by atoms with Crippen molar-refractivity contribution in [3.8, 4) is 0 Å². The van der Waals surface area contributed by atoms with Crippen LogP contribution in [0.3, 0.4) is 0 Å². The van der Waals surface area contributed by atoms with Crippen molar-refractivity contribution in [3.05, 3.63) is 35.6 Å². The van der Waals surface area contributed by atoms with Crippen LogP contribution in [0.1, 0.15) is 36.0 Å². The number of halogens is 1. The van der Waals surface area contributed by atoms with Gasteiger partial charge >= 0.3 is 5.97 Å². The van der Waals surface area contributed by atoms with E-state index in [0.29, 0.717) is 12.8 Å². The van der Waals surface area contributed by atoms with Crippen LogP contribution in [0.4, 0.5) is 4.39 Å². The lowest BCUT2D eigenvalue weighted by atomic mass is 9.96. The molecule has 1 atom stereocenters. The van der Waals surface area contributed by atoms with Gasteiger partial charge in [0.2, 0.25) is 0 Å². The lowest BCUT2D eigenvalue weighted by Crippen LogP contribution is -2.36. The second kappa shape index (κ2) is 6.97. The molecule has 1 N–H and O–H groups in total. The van der Waals surface area contributed by atoms with E-state index in [2.05, 4.69) is 5.32 Å². The van der Waals surface area contributed by atoms with E-state index in [0.717, 1.165) is 18.9 Å². The van der Waals surface area contributed by atoms with E-state index in [1.54, 1.807) is 0 Å². The number of ketones is 1. The number of amides is 1. The molecule has 1 aliphatic carbocycles. The van der Waals surface area contributed by atoms with Crippen LogP contribution in [0, 0.1) is 5.82 Å². The highest BCUT2D eigenvalue weighted by Gasteiger charge is 2.25. The Hall–Kier alpha value is -2.24. The highest BCUT2D eigenvalue weighted by molar-refractivity contribution is 5.96. The fourth-order valence-corrected chi connectivity index (χ4v) is 2.16. The Bertz CT molecular complexity index is 558. The lowest BCUT2D eigenvalue weighted by Gasteiger charge is -2.20. The highest BCUT2D eigenvalue weighted by atomic mass is 19.1. The molecule has 5 nitrogen and oxygen atoms in total. The van der Waals surface area contributed by atoms with Crippen LogP contribution in [-0.4, -0.2) is 30.3 Å². The first-order valence-corrected chi connectivity index (χ1v) is 6.82. The Morgan fingerprint density at radius 1 is 1.33 bits per heavy atom. The molecule has 1 amide bonds. The van der Waals surface area contributed by atoms with E-state index in [-0.39, 0.29) is 17.9 Å². The molecular formula is C15H16FNO4. The van der Waals surface area contributed by atoms with Crippen molar-refractivity contribution in [2.75, 3.05) is 6.54 Å². The van der Waals surface area contributed by atoms with Gasteiger partial charge in [-0.25, -0.2) is 4.39 Å². The fraction of sp³-hybridized carbons (Fsp3) is 0.400. The van der Waals surface area contributed by atoms with E-state index >= 15 is 0 Å². The van der Waals surface area contributed by atoms with Crippen molar-refractivity contribution < 1.29 is 23.5 Å². The van der Waals surface area contributed by atoms with Gasteiger partial charge in [-0.05, 0) is 37.5 Å². The number of hydrogen-bond acceptors (Lipinski definition) is 4. The van der Waals surface area contributed by atoms with E-state index in [9.17, 15) is 18.8 Å². The van der Waals surface area contributed by atoms with Gasteiger partial charge < -0.3 is 10.1 Å². The third-order valence-corrected chi connectivity index (χ3v) is 3.25. The number of carbonyl (C=O) groups excluding carboxylic acids is 3. The third kappa shape index (κ3) is 4.37. The molecule has 0 unspecified atom stereocenters. The first-order chi connectivity index (χ1) is 10.1. The Labute approximate surface area is 121 Å². The molecule has 0 saturated heterocycles. The lowest BCUT2D eigenvalue weighted by molar-refractivity contribution is -0.155. The van der Waals surface area contributed by atoms with Crippen molar-refractivity contribution in [2.45, 2.75) is 31.8 Å². The third-order valence-electron chi connectivity index (χ3n) is 3.25. The molecule has 0 heterocycles. The zero-order chi connectivity index (χ0) is 15.2. The number of hydrogen-bond donors (Lipinski definition) is 1. The number of benzene rings is 1. The van der Waals surface area contributed by atoms with E-state index in [1.165, 1.54) is 18.2 Å². The summed E-state index contributed by atoms with van der Waals surface area (Å²) in [6, 6.07) is 5.14. The molecule has 0 aromatic heterocycles. The largest absolute Gasteiger partial charge is 0.453 e. The van der Waals surface area contributed by atoms with Crippen LogP contribution in [0.25, 0.3) is 0 Å². The summed E-state index contributed by atoms with van der Waals surface area (Å²) in [5.74, 6) is -1.84. The quantitative estimate of drug-likeness (QED) is 0.856. The van der Waals surface area contributed by atoms with Gasteiger partial charge in [0, 0.05) is 12.0 Å². The minimum atomic E-state index is -0.697. The van der Waals surface area contributed by atoms with E-state index < -0.39 is 23.8 Å². The number of carbonyl (C=O) groups is 3. The summed E-state index contributed by atoms with van der Waals surface area (Å²) in [4.78, 5) is 34.8. The predicted molar refractivity (Wildman–Crippen MR) is 72.1 cm³/mol. The molecular weight excluding hydrogens is 277 g/mol. The second-order valence-electron chi connectivity index (χ2n) is 4.88. The normalized spacial score (nSPS) is 18.1. The monoisotopic (exact) mass is 293 g/mol. The zero-order valence-corrected chi connectivity index (χ0v) is 11.4. The first kappa shape index (κ1) is 15.2. The summed E-state index contributed by atoms with van der Waals surface area (Å²) in [7, 11) is 0. The maximum atomic E-state index is 13.0. The molecule has 0 radical (unpaired) electrons. The van der Waals surface area contributed by atoms with Crippen LogP contribution >= 0.6 is 0 Å². The molecule has 0 spiro atoms. The summed E-state index contributed by atoms with van der Waals surface area (Å²) in [6.07, 6.45) is 1.93. The molecule has 2 rings (SSSR count). The number of ether oxygens (including phenoxy) is 1. The van der Waals surface area contributed by atoms with Crippen molar-refractivity contribution >= 4 is 17.7 Å². The molecule has 6 heteroatoms. The van der Waals surface area contributed by atoms with Crippen molar-refractivity contribution in [3.63, 3.8) is 0 Å². The van der Waals surface area contributed by atoms with E-state index in [4.69, 9.17) is 4.74 Å². The summed E-state index contributed by atoms with van der Waals surface area (Å²) in [5, 5.41) is 2.34. The van der Waals surface area contributed by atoms with Crippen LogP contribution in [0.5, 0.6) is 0 Å². The fourth-order valence-electron chi connectivity index (χ4n) is 2.16. The number of rotatable bonds is 4. The summed E-state index contributed by atoms with van der Waals surface area (Å²) in [5.41, 5.74) is 0.122. The van der Waals surface area contributed by atoms with Crippen LogP contribution in [0.2, 0.25) is 0 Å². The number of esters is 1. The van der Waals surface area contributed by atoms with Gasteiger partial charge in [0.1, 0.15) is 12.4 Å². The van der Waals surface area contributed by atoms with Crippen molar-refractivity contribution in [1.29, 1.82) is 0 Å². The van der Waals surface area contributed by atoms with E-state index in [1.807, 2.05) is 0 Å². The second-order valence-corrected chi connectivity index (χ2v) is 4.88. The SMILES string of the molecule is O=C(CNC(=O)c1cccc(F)c1)O[C@H]1CCCCC1=O. The Balaban J connectivity index is 1.81. The van der Waals surface area contributed by atoms with Crippen molar-refractivity contribution in [1.82, 2.24) is 5.32 Å². The Kier molecular flexibility index (Phi) is 5.03. The first-order valence-electron chi connectivity index (χ1n) is 6.82. The van der Waals surface area contributed by atoms with Crippen LogP contribution < -0.4 is 5.32 Å². The van der Waals surface area contributed by atoms with Crippen molar-refractivity contribution in [2.24, 2.45) is 0 Å². The summed E-state index contributed by atoms with van der Waals surface area (Å²) >= 11 is 0. The predicted octanol–water partition coefficient (Wildman–Crippen LogP) is 1.61. The number of nitrogens with one attached hydrogen (secondary N) is 1. The maximum absolute atomic E-state index is 13.0. The summed E-state index contributed by atoms with van der Waals surface area (Å²) < 4.78 is 18.0. The molecule has 1 fully saturated rings. The van der Waals surface area contributed by atoms with Crippen LogP contribution in [-0.2, 0) is 14.3 Å². The molecule has 1 aliphatic rings. The van der Waals surface area contributed by atoms with Gasteiger partial charge in [0.15, 0.2) is 11.9 Å². The Morgan fingerprint density at radius 2 is 2.14 bits per heavy atom. The molecule has 0 bridgehead atoms. The highest BCUT2D eigenvalue weighted by Crippen LogP contribution is 2.17. The molecule has 1 saturated carbocycles. The smallest absolute Gasteiger partial charge is 0.326 e. The zero-order valence-electron chi connectivity index (χ0n) is 11.4.